The molecule has 0 aliphatic heterocycles. The second-order valence-electron chi connectivity index (χ2n) is 6.47. The van der Waals surface area contributed by atoms with Crippen LogP contribution in [0.4, 0.5) is 5.82 Å². The lowest BCUT2D eigenvalue weighted by molar-refractivity contribution is 0.578. The lowest BCUT2D eigenvalue weighted by Gasteiger charge is -2.12. The summed E-state index contributed by atoms with van der Waals surface area (Å²) in [6, 6.07) is 7.75. The molecule has 0 fully saturated rings. The first-order valence-electron chi connectivity index (χ1n) is 7.56. The number of hydrogen-bond donors (Lipinski definition) is 1. The Bertz CT molecular complexity index is 1010. The Balaban J connectivity index is 1.66. The summed E-state index contributed by atoms with van der Waals surface area (Å²) in [6.45, 7) is 6.91. The number of nitrogens with zero attached hydrogens (tertiary/aromatic N) is 7. The van der Waals surface area contributed by atoms with E-state index in [9.17, 15) is 0 Å². The van der Waals surface area contributed by atoms with Crippen LogP contribution in [0.25, 0.3) is 16.7 Å². The Kier molecular flexibility index (Phi) is 3.38. The first-order chi connectivity index (χ1) is 11.5. The van der Waals surface area contributed by atoms with E-state index in [4.69, 9.17) is 0 Å². The molecule has 122 valence electrons. The molecule has 9 heteroatoms. The normalized spacial score (nSPS) is 12.1. The number of fused-ring (bicyclic) bond motifs is 3. The molecule has 0 aliphatic rings. The van der Waals surface area contributed by atoms with Gasteiger partial charge in [-0.05, 0) is 22.6 Å². The quantitative estimate of drug-likeness (QED) is 0.612. The Morgan fingerprint density at radius 3 is 2.75 bits per heavy atom. The Hall–Kier alpha value is -2.68. The van der Waals surface area contributed by atoms with E-state index in [0.717, 1.165) is 21.0 Å². The summed E-state index contributed by atoms with van der Waals surface area (Å²) in [5.41, 5.74) is 2.29. The minimum atomic E-state index is 0.00130. The number of nitrogens with one attached hydrogen (secondary N) is 1. The van der Waals surface area contributed by atoms with Gasteiger partial charge in [0.15, 0.2) is 5.82 Å². The molecule has 0 unspecified atom stereocenters. The number of rotatable bonds is 3. The predicted octanol–water partition coefficient (Wildman–Crippen LogP) is 2.43. The van der Waals surface area contributed by atoms with E-state index in [1.807, 2.05) is 24.3 Å². The molecule has 1 aromatic carbocycles. The van der Waals surface area contributed by atoms with Gasteiger partial charge < -0.3 is 5.32 Å². The van der Waals surface area contributed by atoms with E-state index in [0.29, 0.717) is 18.0 Å². The van der Waals surface area contributed by atoms with E-state index in [1.165, 1.54) is 0 Å². The molecule has 0 atom stereocenters. The maximum atomic E-state index is 4.63. The molecule has 0 amide bonds. The second-order valence-corrected chi connectivity index (χ2v) is 7.53. The zero-order chi connectivity index (χ0) is 16.7. The summed E-state index contributed by atoms with van der Waals surface area (Å²) < 4.78 is 1.69. The summed E-state index contributed by atoms with van der Waals surface area (Å²) in [5.74, 6) is 0.631. The summed E-state index contributed by atoms with van der Waals surface area (Å²) in [7, 11) is 0. The fourth-order valence-corrected chi connectivity index (χ4v) is 3.15. The average molecular weight is 340 g/mol. The minimum absolute atomic E-state index is 0.00130. The van der Waals surface area contributed by atoms with E-state index >= 15 is 0 Å². The molecular formula is C15H16N8S. The zero-order valence-corrected chi connectivity index (χ0v) is 14.4. The van der Waals surface area contributed by atoms with Gasteiger partial charge in [-0.1, -0.05) is 44.2 Å². The molecule has 0 bridgehead atoms. The molecule has 1 N–H and O–H groups in total. The van der Waals surface area contributed by atoms with Crippen LogP contribution in [0.3, 0.4) is 0 Å². The van der Waals surface area contributed by atoms with Gasteiger partial charge in [-0.25, -0.2) is 4.98 Å². The highest BCUT2D eigenvalue weighted by atomic mass is 32.1. The molecule has 0 radical (unpaired) electrons. The van der Waals surface area contributed by atoms with Crippen molar-refractivity contribution < 1.29 is 0 Å². The third-order valence-corrected chi connectivity index (χ3v) is 4.89. The van der Waals surface area contributed by atoms with E-state index in [-0.39, 0.29) is 5.41 Å². The van der Waals surface area contributed by atoms with Crippen LogP contribution in [0.1, 0.15) is 30.8 Å². The first kappa shape index (κ1) is 14.9. The molecule has 0 saturated carbocycles. The van der Waals surface area contributed by atoms with Gasteiger partial charge >= 0.3 is 0 Å². The molecule has 8 nitrogen and oxygen atoms in total. The standard InChI is InChI=1S/C15H16N8S/c1-15(2,3)14-20-18-11(24-14)8-16-12-13-19-21-22-23(13)10-7-5-4-6-9(10)17-12/h4-7H,8H2,1-3H3,(H,16,17). The topological polar surface area (TPSA) is 93.8 Å². The molecule has 4 aromatic rings. The van der Waals surface area contributed by atoms with Gasteiger partial charge in [0.05, 0.1) is 17.6 Å². The van der Waals surface area contributed by atoms with Crippen molar-refractivity contribution >= 4 is 33.8 Å². The number of tetrazole rings is 1. The fourth-order valence-electron chi connectivity index (χ4n) is 2.31. The smallest absolute Gasteiger partial charge is 0.222 e. The van der Waals surface area contributed by atoms with Crippen molar-refractivity contribution in [2.45, 2.75) is 32.7 Å². The SMILES string of the molecule is CC(C)(C)c1nnc(CNc2nc3ccccc3n3nnnc23)s1. The Labute approximate surface area is 141 Å². The van der Waals surface area contributed by atoms with Crippen molar-refractivity contribution in [2.24, 2.45) is 0 Å². The van der Waals surface area contributed by atoms with Crippen molar-refractivity contribution in [2.75, 3.05) is 5.32 Å². The summed E-state index contributed by atoms with van der Waals surface area (Å²) in [6.07, 6.45) is 0. The second kappa shape index (κ2) is 5.45. The molecule has 3 aromatic heterocycles. The number of benzene rings is 1. The molecule has 4 rings (SSSR count). The first-order valence-corrected chi connectivity index (χ1v) is 8.37. The van der Waals surface area contributed by atoms with Gasteiger partial charge in [0, 0.05) is 5.41 Å². The summed E-state index contributed by atoms with van der Waals surface area (Å²) in [5, 5.41) is 25.6. The molecule has 24 heavy (non-hydrogen) atoms. The van der Waals surface area contributed by atoms with Crippen LogP contribution in [-0.4, -0.2) is 35.2 Å². The van der Waals surface area contributed by atoms with Crippen LogP contribution in [-0.2, 0) is 12.0 Å². The Morgan fingerprint density at radius 1 is 1.12 bits per heavy atom. The van der Waals surface area contributed by atoms with Crippen LogP contribution in [0.2, 0.25) is 0 Å². The van der Waals surface area contributed by atoms with Crippen LogP contribution in [0.15, 0.2) is 24.3 Å². The minimum Gasteiger partial charge on any atom is -0.360 e. The summed E-state index contributed by atoms with van der Waals surface area (Å²) >= 11 is 1.60. The van der Waals surface area contributed by atoms with Crippen molar-refractivity contribution in [3.8, 4) is 0 Å². The summed E-state index contributed by atoms with van der Waals surface area (Å²) in [4.78, 5) is 4.63. The van der Waals surface area contributed by atoms with Gasteiger partial charge in [0.2, 0.25) is 5.65 Å². The number of para-hydroxylation sites is 2. The Morgan fingerprint density at radius 2 is 1.96 bits per heavy atom. The third kappa shape index (κ3) is 2.56. The van der Waals surface area contributed by atoms with E-state index in [2.05, 4.69) is 56.8 Å². The van der Waals surface area contributed by atoms with Crippen molar-refractivity contribution in [1.29, 1.82) is 0 Å². The number of anilines is 1. The zero-order valence-electron chi connectivity index (χ0n) is 13.6. The van der Waals surface area contributed by atoms with Crippen LogP contribution in [0.5, 0.6) is 0 Å². The maximum Gasteiger partial charge on any atom is 0.222 e. The fraction of sp³-hybridized carbons (Fsp3) is 0.333. The highest BCUT2D eigenvalue weighted by molar-refractivity contribution is 7.11. The van der Waals surface area contributed by atoms with Crippen molar-refractivity contribution in [3.63, 3.8) is 0 Å². The average Bonchev–Trinajstić information content (AvgIpc) is 3.21. The molecule has 0 saturated heterocycles. The molecule has 3 heterocycles. The van der Waals surface area contributed by atoms with Gasteiger partial charge in [0.25, 0.3) is 0 Å². The van der Waals surface area contributed by atoms with Crippen LogP contribution < -0.4 is 5.32 Å². The number of hydrogen-bond acceptors (Lipinski definition) is 8. The van der Waals surface area contributed by atoms with Gasteiger partial charge in [-0.3, -0.25) is 0 Å². The van der Waals surface area contributed by atoms with Crippen LogP contribution >= 0.6 is 11.3 Å². The molecular weight excluding hydrogens is 324 g/mol. The molecule has 0 aliphatic carbocycles. The molecule has 0 spiro atoms. The van der Waals surface area contributed by atoms with E-state index in [1.54, 1.807) is 15.9 Å². The highest BCUT2D eigenvalue weighted by Gasteiger charge is 2.19. The largest absolute Gasteiger partial charge is 0.360 e. The highest BCUT2D eigenvalue weighted by Crippen LogP contribution is 2.26. The van der Waals surface area contributed by atoms with Crippen molar-refractivity contribution in [1.82, 2.24) is 35.2 Å². The lowest BCUT2D eigenvalue weighted by atomic mass is 9.98. The van der Waals surface area contributed by atoms with Crippen LogP contribution in [0, 0.1) is 0 Å². The van der Waals surface area contributed by atoms with Gasteiger partial charge in [0.1, 0.15) is 10.0 Å². The predicted molar refractivity (Wildman–Crippen MR) is 92.0 cm³/mol. The van der Waals surface area contributed by atoms with Crippen molar-refractivity contribution in [3.05, 3.63) is 34.3 Å². The van der Waals surface area contributed by atoms with Gasteiger partial charge in [-0.15, -0.1) is 15.3 Å². The number of aromatic nitrogens is 7. The third-order valence-electron chi connectivity index (χ3n) is 3.54. The lowest BCUT2D eigenvalue weighted by Crippen LogP contribution is -2.10. The van der Waals surface area contributed by atoms with Gasteiger partial charge in [-0.2, -0.15) is 4.52 Å². The maximum absolute atomic E-state index is 4.63. The van der Waals surface area contributed by atoms with E-state index < -0.39 is 0 Å². The monoisotopic (exact) mass is 340 g/mol.